The fourth-order valence-corrected chi connectivity index (χ4v) is 3.73. The highest BCUT2D eigenvalue weighted by molar-refractivity contribution is 7.89. The molecule has 0 saturated carbocycles. The van der Waals surface area contributed by atoms with Crippen LogP contribution in [0, 0.1) is 10.1 Å². The van der Waals surface area contributed by atoms with Gasteiger partial charge in [-0.2, -0.15) is 4.72 Å². The molecule has 10 nitrogen and oxygen atoms in total. The van der Waals surface area contributed by atoms with Crippen molar-refractivity contribution in [2.24, 2.45) is 0 Å². The van der Waals surface area contributed by atoms with Gasteiger partial charge in [0.1, 0.15) is 6.04 Å². The minimum atomic E-state index is -4.04. The summed E-state index contributed by atoms with van der Waals surface area (Å²) >= 11 is 11.6. The monoisotopic (exact) mass is 489 g/mol. The van der Waals surface area contributed by atoms with Crippen molar-refractivity contribution < 1.29 is 27.7 Å². The molecule has 166 valence electrons. The average molecular weight is 490 g/mol. The number of sulfonamides is 1. The fraction of sp³-hybridized carbons (Fsp3) is 0.222. The molecule has 0 fully saturated rings. The van der Waals surface area contributed by atoms with Gasteiger partial charge in [0.15, 0.2) is 6.10 Å². The van der Waals surface area contributed by atoms with Gasteiger partial charge in [-0.15, -0.1) is 0 Å². The number of carbonyl (C=O) groups is 2. The third-order valence-corrected chi connectivity index (χ3v) is 6.03. The largest absolute Gasteiger partial charge is 0.451 e. The van der Waals surface area contributed by atoms with Gasteiger partial charge in [0.25, 0.3) is 11.6 Å². The van der Waals surface area contributed by atoms with Crippen molar-refractivity contribution in [3.63, 3.8) is 0 Å². The Morgan fingerprint density at radius 3 is 2.29 bits per heavy atom. The zero-order chi connectivity index (χ0) is 23.3. The number of hydrogen-bond acceptors (Lipinski definition) is 7. The van der Waals surface area contributed by atoms with E-state index in [2.05, 4.69) is 10.0 Å². The van der Waals surface area contributed by atoms with E-state index in [0.29, 0.717) is 5.02 Å². The van der Waals surface area contributed by atoms with E-state index in [1.807, 2.05) is 0 Å². The van der Waals surface area contributed by atoms with E-state index in [9.17, 15) is 28.1 Å². The number of amides is 1. The van der Waals surface area contributed by atoms with Gasteiger partial charge in [-0.1, -0.05) is 23.2 Å². The van der Waals surface area contributed by atoms with Crippen LogP contribution in [-0.2, 0) is 24.3 Å². The number of ether oxygens (including phenoxy) is 1. The first kappa shape index (κ1) is 24.5. The summed E-state index contributed by atoms with van der Waals surface area (Å²) < 4.78 is 31.8. The molecule has 2 N–H and O–H groups in total. The first-order chi connectivity index (χ1) is 14.4. The maximum absolute atomic E-state index is 12.3. The van der Waals surface area contributed by atoms with Crippen LogP contribution < -0.4 is 10.0 Å². The van der Waals surface area contributed by atoms with Gasteiger partial charge in [0.05, 0.1) is 20.5 Å². The van der Waals surface area contributed by atoms with Crippen molar-refractivity contribution in [2.75, 3.05) is 5.32 Å². The van der Waals surface area contributed by atoms with Gasteiger partial charge in [-0.05, 0) is 44.2 Å². The van der Waals surface area contributed by atoms with Crippen LogP contribution in [0.3, 0.4) is 0 Å². The molecule has 0 saturated heterocycles. The quantitative estimate of drug-likeness (QED) is 0.329. The lowest BCUT2D eigenvalue weighted by Crippen LogP contribution is -2.42. The third kappa shape index (κ3) is 6.62. The summed E-state index contributed by atoms with van der Waals surface area (Å²) in [7, 11) is -4.04. The second-order valence-electron chi connectivity index (χ2n) is 6.29. The number of carbonyl (C=O) groups excluding carboxylic acids is 2. The van der Waals surface area contributed by atoms with Gasteiger partial charge in [-0.3, -0.25) is 19.7 Å². The number of esters is 1. The van der Waals surface area contributed by atoms with E-state index in [1.165, 1.54) is 44.2 Å². The summed E-state index contributed by atoms with van der Waals surface area (Å²) in [6, 6.07) is 7.43. The molecule has 13 heteroatoms. The Kier molecular flexibility index (Phi) is 7.96. The molecule has 2 aromatic rings. The van der Waals surface area contributed by atoms with Crippen LogP contribution in [0.5, 0.6) is 0 Å². The van der Waals surface area contributed by atoms with Crippen LogP contribution in [-0.4, -0.2) is 37.4 Å². The zero-order valence-electron chi connectivity index (χ0n) is 16.2. The van der Waals surface area contributed by atoms with Crippen molar-refractivity contribution in [1.29, 1.82) is 0 Å². The minimum absolute atomic E-state index is 0.0414. The first-order valence-electron chi connectivity index (χ1n) is 8.64. The predicted octanol–water partition coefficient (Wildman–Crippen LogP) is 3.14. The lowest BCUT2D eigenvalue weighted by molar-refractivity contribution is -0.384. The van der Waals surface area contributed by atoms with E-state index in [1.54, 1.807) is 0 Å². The molecule has 0 aromatic heterocycles. The van der Waals surface area contributed by atoms with Crippen LogP contribution in [0.2, 0.25) is 10.0 Å². The molecular weight excluding hydrogens is 473 g/mol. The van der Waals surface area contributed by atoms with Gasteiger partial charge >= 0.3 is 5.97 Å². The molecule has 2 aromatic carbocycles. The van der Waals surface area contributed by atoms with Crippen LogP contribution in [0.15, 0.2) is 47.4 Å². The van der Waals surface area contributed by atoms with Crippen LogP contribution >= 0.6 is 23.2 Å². The van der Waals surface area contributed by atoms with E-state index in [0.717, 1.165) is 12.1 Å². The van der Waals surface area contributed by atoms with Crippen molar-refractivity contribution in [2.45, 2.75) is 30.9 Å². The second-order valence-corrected chi connectivity index (χ2v) is 8.84. The summed E-state index contributed by atoms with van der Waals surface area (Å²) in [4.78, 5) is 34.6. The fourth-order valence-electron chi connectivity index (χ4n) is 2.25. The number of nitrogens with zero attached hydrogens (tertiary/aromatic N) is 1. The number of benzene rings is 2. The second kappa shape index (κ2) is 10.1. The molecule has 0 radical (unpaired) electrons. The van der Waals surface area contributed by atoms with E-state index >= 15 is 0 Å². The molecule has 0 aliphatic carbocycles. The first-order valence-corrected chi connectivity index (χ1v) is 10.9. The Morgan fingerprint density at radius 2 is 1.71 bits per heavy atom. The molecule has 0 spiro atoms. The van der Waals surface area contributed by atoms with Crippen molar-refractivity contribution in [1.82, 2.24) is 4.72 Å². The number of nitro benzene ring substituents is 1. The van der Waals surface area contributed by atoms with Crippen LogP contribution in [0.25, 0.3) is 0 Å². The van der Waals surface area contributed by atoms with Gasteiger partial charge in [-0.25, -0.2) is 8.42 Å². The molecule has 31 heavy (non-hydrogen) atoms. The molecule has 0 aliphatic heterocycles. The Bertz CT molecular complexity index is 1110. The van der Waals surface area contributed by atoms with Crippen LogP contribution in [0.1, 0.15) is 13.8 Å². The summed E-state index contributed by atoms with van der Waals surface area (Å²) in [5, 5.41) is 13.6. The molecular formula is C18H17Cl2N3O7S. The SMILES string of the molecule is CC(NS(=O)(=O)c1ccc(Cl)cc1)C(=O)OC(C)C(=O)Nc1cc([N+](=O)[O-])ccc1Cl. The van der Waals surface area contributed by atoms with Gasteiger partial charge in [0.2, 0.25) is 10.0 Å². The number of anilines is 1. The topological polar surface area (TPSA) is 145 Å². The number of halogens is 2. The smallest absolute Gasteiger partial charge is 0.324 e. The summed E-state index contributed by atoms with van der Waals surface area (Å²) in [6.45, 7) is 2.50. The Morgan fingerprint density at radius 1 is 1.10 bits per heavy atom. The standard InChI is InChI=1S/C18H17Cl2N3O7S/c1-10(22-31(28,29)14-6-3-12(19)4-7-14)18(25)30-11(2)17(24)21-16-9-13(23(26)27)5-8-15(16)20/h3-11,22H,1-2H3,(H,21,24). The van der Waals surface area contributed by atoms with Crippen molar-refractivity contribution in [3.05, 3.63) is 62.6 Å². The third-order valence-electron chi connectivity index (χ3n) is 3.89. The summed E-state index contributed by atoms with van der Waals surface area (Å²) in [5.74, 6) is -1.83. The maximum atomic E-state index is 12.3. The van der Waals surface area contributed by atoms with E-state index in [-0.39, 0.29) is 21.3 Å². The van der Waals surface area contributed by atoms with E-state index in [4.69, 9.17) is 27.9 Å². The normalized spacial score (nSPS) is 13.2. The number of nitrogens with one attached hydrogen (secondary N) is 2. The van der Waals surface area contributed by atoms with Crippen molar-refractivity contribution in [3.8, 4) is 0 Å². The summed E-state index contributed by atoms with van der Waals surface area (Å²) in [5.41, 5.74) is -0.338. The lowest BCUT2D eigenvalue weighted by Gasteiger charge is -2.18. The lowest BCUT2D eigenvalue weighted by atomic mass is 10.2. The highest BCUT2D eigenvalue weighted by Crippen LogP contribution is 2.27. The number of nitro groups is 1. The van der Waals surface area contributed by atoms with Crippen LogP contribution in [0.4, 0.5) is 11.4 Å². The minimum Gasteiger partial charge on any atom is -0.451 e. The number of rotatable bonds is 8. The Labute approximate surface area is 187 Å². The average Bonchev–Trinajstić information content (AvgIpc) is 2.69. The molecule has 2 rings (SSSR count). The molecule has 0 bridgehead atoms. The molecule has 0 heterocycles. The Balaban J connectivity index is 2.01. The maximum Gasteiger partial charge on any atom is 0.324 e. The van der Waals surface area contributed by atoms with Gasteiger partial charge in [0, 0.05) is 17.2 Å². The highest BCUT2D eigenvalue weighted by Gasteiger charge is 2.27. The molecule has 1 amide bonds. The predicted molar refractivity (Wildman–Crippen MR) is 114 cm³/mol. The zero-order valence-corrected chi connectivity index (χ0v) is 18.5. The van der Waals surface area contributed by atoms with Crippen molar-refractivity contribution >= 4 is 56.5 Å². The molecule has 2 unspecified atom stereocenters. The summed E-state index contributed by atoms with van der Waals surface area (Å²) in [6.07, 6.45) is -1.34. The van der Waals surface area contributed by atoms with Gasteiger partial charge < -0.3 is 10.1 Å². The highest BCUT2D eigenvalue weighted by atomic mass is 35.5. The Hall–Kier alpha value is -2.73. The van der Waals surface area contributed by atoms with E-state index < -0.39 is 39.0 Å². The number of hydrogen-bond donors (Lipinski definition) is 2. The molecule has 2 atom stereocenters. The number of non-ortho nitro benzene ring substituents is 1. The molecule has 0 aliphatic rings.